The van der Waals surface area contributed by atoms with E-state index in [-0.39, 0.29) is 38.5 Å². The number of nitrogens with zero attached hydrogens (tertiary/aromatic N) is 3. The second-order valence-electron chi connectivity index (χ2n) is 3.19. The Balaban J connectivity index is 0.000000283. The molecule has 0 saturated heterocycles. The first kappa shape index (κ1) is 15.4. The van der Waals surface area contributed by atoms with Crippen LogP contribution in [0.15, 0.2) is 24.7 Å². The normalized spacial score (nSPS) is 8.75. The van der Waals surface area contributed by atoms with Gasteiger partial charge < -0.3 is 10.7 Å². The van der Waals surface area contributed by atoms with Crippen molar-refractivity contribution in [2.75, 3.05) is 0 Å². The molecular formula is C11H13FN3Y-. The third-order valence-electron chi connectivity index (χ3n) is 1.74. The Kier molecular flexibility index (Phi) is 7.34. The molecule has 0 aliphatic carbocycles. The van der Waals surface area contributed by atoms with Crippen molar-refractivity contribution in [2.24, 2.45) is 7.05 Å². The Morgan fingerprint density at radius 2 is 2.06 bits per heavy atom. The molecule has 2 aromatic heterocycles. The van der Waals surface area contributed by atoms with Crippen molar-refractivity contribution in [1.82, 2.24) is 14.8 Å². The molecule has 0 aliphatic heterocycles. The van der Waals surface area contributed by atoms with Gasteiger partial charge >= 0.3 is 0 Å². The zero-order valence-corrected chi connectivity index (χ0v) is 12.4. The molecule has 0 unspecified atom stereocenters. The van der Waals surface area contributed by atoms with Crippen molar-refractivity contribution in [3.05, 3.63) is 47.8 Å². The van der Waals surface area contributed by atoms with Crippen molar-refractivity contribution >= 4 is 0 Å². The van der Waals surface area contributed by atoms with Crippen LogP contribution >= 0.6 is 0 Å². The van der Waals surface area contributed by atoms with Crippen molar-refractivity contribution < 1.29 is 37.1 Å². The molecule has 2 heterocycles. The van der Waals surface area contributed by atoms with Crippen molar-refractivity contribution in [2.45, 2.75) is 13.8 Å². The first-order chi connectivity index (χ1) is 7.09. The van der Waals surface area contributed by atoms with Gasteiger partial charge in [-0.3, -0.25) is 4.98 Å². The van der Waals surface area contributed by atoms with E-state index in [1.54, 1.807) is 30.2 Å². The topological polar surface area (TPSA) is 30.7 Å². The number of aryl methyl sites for hydroxylation is 3. The minimum absolute atomic E-state index is 0. The summed E-state index contributed by atoms with van der Waals surface area (Å²) in [7, 11) is 1.86. The van der Waals surface area contributed by atoms with Gasteiger partial charge in [-0.2, -0.15) is 6.20 Å². The maximum atomic E-state index is 12.5. The SMILES string of the molecule is Cc1cnc(C)c(F)c1.Cn1c[c-]cn1.[Y]. The summed E-state index contributed by atoms with van der Waals surface area (Å²) in [5.74, 6) is -0.227. The Hall–Kier alpha value is -0.606. The van der Waals surface area contributed by atoms with E-state index in [4.69, 9.17) is 0 Å². The van der Waals surface area contributed by atoms with Gasteiger partial charge in [-0.1, -0.05) is 0 Å². The fourth-order valence-corrected chi connectivity index (χ4v) is 0.901. The molecule has 83 valence electrons. The summed E-state index contributed by atoms with van der Waals surface area (Å²) in [4.78, 5) is 3.80. The summed E-state index contributed by atoms with van der Waals surface area (Å²) in [6.07, 6.45) is 5.04. The number of halogens is 1. The number of rotatable bonds is 0. The molecule has 0 N–H and O–H groups in total. The molecule has 0 aromatic carbocycles. The molecule has 0 bridgehead atoms. The van der Waals surface area contributed by atoms with Crippen LogP contribution in [-0.2, 0) is 39.8 Å². The molecule has 1 radical (unpaired) electrons. The first-order valence-electron chi connectivity index (χ1n) is 4.53. The van der Waals surface area contributed by atoms with Crippen LogP contribution in [0.2, 0.25) is 0 Å². The van der Waals surface area contributed by atoms with Crippen molar-refractivity contribution in [3.63, 3.8) is 0 Å². The van der Waals surface area contributed by atoms with Crippen LogP contribution in [0, 0.1) is 25.7 Å². The number of aromatic nitrogens is 3. The van der Waals surface area contributed by atoms with Gasteiger partial charge in [0, 0.05) is 46.0 Å². The second-order valence-corrected chi connectivity index (χ2v) is 3.19. The average Bonchev–Trinajstić information content (AvgIpc) is 2.64. The van der Waals surface area contributed by atoms with Gasteiger partial charge in [-0.25, -0.2) is 9.49 Å². The summed E-state index contributed by atoms with van der Waals surface area (Å²) in [5.41, 5.74) is 1.32. The van der Waals surface area contributed by atoms with Crippen molar-refractivity contribution in [3.8, 4) is 0 Å². The number of hydrogen-bond donors (Lipinski definition) is 0. The van der Waals surface area contributed by atoms with E-state index in [0.29, 0.717) is 5.69 Å². The fraction of sp³-hybridized carbons (Fsp3) is 0.273. The van der Waals surface area contributed by atoms with Gasteiger partial charge in [-0.15, -0.1) is 6.20 Å². The third-order valence-corrected chi connectivity index (χ3v) is 1.74. The van der Waals surface area contributed by atoms with Gasteiger partial charge in [0.15, 0.2) is 0 Å². The Labute approximate surface area is 120 Å². The molecule has 0 saturated carbocycles. The van der Waals surface area contributed by atoms with Gasteiger partial charge in [0.05, 0.1) is 5.69 Å². The fourth-order valence-electron chi connectivity index (χ4n) is 0.901. The molecule has 0 atom stereocenters. The number of pyridine rings is 1. The predicted molar refractivity (Wildman–Crippen MR) is 55.7 cm³/mol. The summed E-state index contributed by atoms with van der Waals surface area (Å²) in [6.45, 7) is 3.46. The van der Waals surface area contributed by atoms with Crippen LogP contribution in [0.5, 0.6) is 0 Å². The summed E-state index contributed by atoms with van der Waals surface area (Å²) >= 11 is 0. The maximum absolute atomic E-state index is 12.5. The van der Waals surface area contributed by atoms with Crippen LogP contribution in [0.3, 0.4) is 0 Å². The van der Waals surface area contributed by atoms with Crippen LogP contribution in [-0.4, -0.2) is 14.8 Å². The van der Waals surface area contributed by atoms with E-state index < -0.39 is 0 Å². The van der Waals surface area contributed by atoms with Crippen LogP contribution in [0.4, 0.5) is 4.39 Å². The van der Waals surface area contributed by atoms with E-state index in [9.17, 15) is 4.39 Å². The van der Waals surface area contributed by atoms with Crippen LogP contribution in [0.1, 0.15) is 11.3 Å². The molecule has 0 aliphatic rings. The Morgan fingerprint density at radius 1 is 1.38 bits per heavy atom. The third kappa shape index (κ3) is 5.47. The van der Waals surface area contributed by atoms with Gasteiger partial charge in [0.2, 0.25) is 0 Å². The summed E-state index contributed by atoms with van der Waals surface area (Å²) in [6, 6.07) is 4.26. The molecule has 2 aromatic rings. The molecular weight excluding hydrogens is 282 g/mol. The van der Waals surface area contributed by atoms with E-state index >= 15 is 0 Å². The van der Waals surface area contributed by atoms with Gasteiger partial charge in [0.25, 0.3) is 0 Å². The average molecular weight is 295 g/mol. The molecule has 3 nitrogen and oxygen atoms in total. The molecule has 2 rings (SSSR count). The van der Waals surface area contributed by atoms with Gasteiger partial charge in [0.1, 0.15) is 5.82 Å². The minimum atomic E-state index is -0.227. The van der Waals surface area contributed by atoms with Crippen LogP contribution in [0.25, 0.3) is 0 Å². The predicted octanol–water partition coefficient (Wildman–Crippen LogP) is 2.06. The Bertz CT molecular complexity index is 415. The standard InChI is InChI=1S/C7H8FN.C4H5N2.Y/c1-5-3-7(8)6(2)9-4-5;1-6-4-2-3-5-6;/h3-4H,1-2H3;3-4H,1H3;/q;-1;. The first-order valence-corrected chi connectivity index (χ1v) is 4.53. The summed E-state index contributed by atoms with van der Waals surface area (Å²) < 4.78 is 14.2. The molecule has 0 amide bonds. The zero-order valence-electron chi connectivity index (χ0n) is 9.61. The van der Waals surface area contributed by atoms with E-state index in [0.717, 1.165) is 5.56 Å². The molecule has 0 spiro atoms. The molecule has 16 heavy (non-hydrogen) atoms. The van der Waals surface area contributed by atoms with Crippen LogP contribution < -0.4 is 0 Å². The van der Waals surface area contributed by atoms with E-state index in [2.05, 4.69) is 16.1 Å². The zero-order chi connectivity index (χ0) is 11.3. The van der Waals surface area contributed by atoms with Crippen molar-refractivity contribution in [1.29, 1.82) is 0 Å². The summed E-state index contributed by atoms with van der Waals surface area (Å²) in [5, 5.41) is 3.78. The van der Waals surface area contributed by atoms with Gasteiger partial charge in [-0.05, 0) is 25.5 Å². The monoisotopic (exact) mass is 295 g/mol. The minimum Gasteiger partial charge on any atom is -0.432 e. The quantitative estimate of drug-likeness (QED) is 0.697. The van der Waals surface area contributed by atoms with E-state index in [1.165, 1.54) is 6.07 Å². The molecule has 0 fully saturated rings. The molecule has 5 heteroatoms. The number of hydrogen-bond acceptors (Lipinski definition) is 2. The largest absolute Gasteiger partial charge is 0.432 e. The second kappa shape index (κ2) is 7.63. The smallest absolute Gasteiger partial charge is 0.144 e. The Morgan fingerprint density at radius 3 is 2.38 bits per heavy atom. The van der Waals surface area contributed by atoms with E-state index in [1.807, 2.05) is 14.0 Å². The maximum Gasteiger partial charge on any atom is 0.144 e.